The molecule has 4 rings (SSSR count). The molecule has 1 aromatic rings. The lowest BCUT2D eigenvalue weighted by Crippen LogP contribution is -2.60. The van der Waals surface area contributed by atoms with E-state index in [4.69, 9.17) is 4.74 Å². The Labute approximate surface area is 153 Å². The topological polar surface area (TPSA) is 90.6 Å². The highest BCUT2D eigenvalue weighted by Gasteiger charge is 2.49. The van der Waals surface area contributed by atoms with Gasteiger partial charge in [-0.1, -0.05) is 6.92 Å². The van der Waals surface area contributed by atoms with Crippen LogP contribution in [0.5, 0.6) is 0 Å². The lowest BCUT2D eigenvalue weighted by Gasteiger charge is -2.50. The number of morpholine rings is 1. The SMILES string of the molecule is CCC(=O)N1CCc2[nH]cnc2C12CCN(C(=O)[C@H]1CNCCO1)CC2. The molecule has 4 heterocycles. The highest BCUT2D eigenvalue weighted by Crippen LogP contribution is 2.42. The van der Waals surface area contributed by atoms with E-state index < -0.39 is 6.10 Å². The molecular formula is C18H27N5O3. The summed E-state index contributed by atoms with van der Waals surface area (Å²) in [7, 11) is 0. The van der Waals surface area contributed by atoms with Crippen molar-refractivity contribution in [3.8, 4) is 0 Å². The highest BCUT2D eigenvalue weighted by molar-refractivity contribution is 5.81. The van der Waals surface area contributed by atoms with Gasteiger partial charge < -0.3 is 24.8 Å². The maximum atomic E-state index is 12.8. The molecule has 2 fully saturated rings. The minimum Gasteiger partial charge on any atom is -0.366 e. The zero-order valence-corrected chi connectivity index (χ0v) is 15.3. The molecule has 142 valence electrons. The van der Waals surface area contributed by atoms with Gasteiger partial charge in [0.05, 0.1) is 24.2 Å². The van der Waals surface area contributed by atoms with Crippen molar-refractivity contribution in [2.75, 3.05) is 39.3 Å². The van der Waals surface area contributed by atoms with Crippen LogP contribution in [0.4, 0.5) is 0 Å². The Bertz CT molecular complexity index is 674. The summed E-state index contributed by atoms with van der Waals surface area (Å²) < 4.78 is 5.61. The van der Waals surface area contributed by atoms with Gasteiger partial charge in [0.1, 0.15) is 6.10 Å². The molecule has 0 unspecified atom stereocenters. The van der Waals surface area contributed by atoms with Crippen molar-refractivity contribution in [3.05, 3.63) is 17.7 Å². The largest absolute Gasteiger partial charge is 0.366 e. The van der Waals surface area contributed by atoms with E-state index in [1.54, 1.807) is 6.33 Å². The highest BCUT2D eigenvalue weighted by atomic mass is 16.5. The number of nitrogens with zero attached hydrogens (tertiary/aromatic N) is 3. The number of amides is 2. The zero-order chi connectivity index (χ0) is 18.1. The first-order chi connectivity index (χ1) is 12.7. The summed E-state index contributed by atoms with van der Waals surface area (Å²) in [5.74, 6) is 0.219. The molecule has 8 heteroatoms. The first-order valence-electron chi connectivity index (χ1n) is 9.60. The molecule has 1 aromatic heterocycles. The molecule has 3 aliphatic heterocycles. The smallest absolute Gasteiger partial charge is 0.253 e. The Hall–Kier alpha value is -1.93. The number of rotatable bonds is 2. The minimum atomic E-state index is -0.390. The third kappa shape index (κ3) is 2.81. The van der Waals surface area contributed by atoms with Crippen LogP contribution in [0.15, 0.2) is 6.33 Å². The molecule has 0 bridgehead atoms. The Morgan fingerprint density at radius 2 is 2.15 bits per heavy atom. The Kier molecular flexibility index (Phi) is 4.71. The monoisotopic (exact) mass is 361 g/mol. The van der Waals surface area contributed by atoms with Crippen LogP contribution in [0.2, 0.25) is 0 Å². The van der Waals surface area contributed by atoms with Crippen molar-refractivity contribution in [3.63, 3.8) is 0 Å². The van der Waals surface area contributed by atoms with E-state index in [1.807, 2.05) is 16.7 Å². The fraction of sp³-hybridized carbons (Fsp3) is 0.722. The van der Waals surface area contributed by atoms with Gasteiger partial charge in [-0.3, -0.25) is 9.59 Å². The number of likely N-dealkylation sites (tertiary alicyclic amines) is 1. The summed E-state index contributed by atoms with van der Waals surface area (Å²) in [4.78, 5) is 37.1. The van der Waals surface area contributed by atoms with E-state index in [2.05, 4.69) is 15.3 Å². The van der Waals surface area contributed by atoms with Crippen LogP contribution in [0.25, 0.3) is 0 Å². The maximum absolute atomic E-state index is 12.8. The van der Waals surface area contributed by atoms with Crippen molar-refractivity contribution >= 4 is 11.8 Å². The molecule has 2 amide bonds. The van der Waals surface area contributed by atoms with E-state index in [0.717, 1.165) is 37.2 Å². The number of carbonyl (C=O) groups excluding carboxylic acids is 2. The molecule has 1 atom stereocenters. The van der Waals surface area contributed by atoms with Gasteiger partial charge in [0.15, 0.2) is 0 Å². The van der Waals surface area contributed by atoms with Crippen molar-refractivity contribution in [1.29, 1.82) is 0 Å². The third-order valence-corrected chi connectivity index (χ3v) is 5.97. The number of ether oxygens (including phenoxy) is 1. The quantitative estimate of drug-likeness (QED) is 0.774. The second kappa shape index (κ2) is 7.00. The number of nitrogens with one attached hydrogen (secondary N) is 2. The van der Waals surface area contributed by atoms with E-state index in [1.165, 1.54) is 0 Å². The summed E-state index contributed by atoms with van der Waals surface area (Å²) in [5, 5.41) is 3.21. The van der Waals surface area contributed by atoms with Gasteiger partial charge in [-0.25, -0.2) is 4.98 Å². The van der Waals surface area contributed by atoms with E-state index in [0.29, 0.717) is 39.2 Å². The van der Waals surface area contributed by atoms with E-state index >= 15 is 0 Å². The molecule has 2 N–H and O–H groups in total. The number of carbonyl (C=O) groups is 2. The summed E-state index contributed by atoms with van der Waals surface area (Å²) in [6.45, 7) is 5.81. The fourth-order valence-corrected chi connectivity index (χ4v) is 4.56. The van der Waals surface area contributed by atoms with Gasteiger partial charge in [0.2, 0.25) is 5.91 Å². The Morgan fingerprint density at radius 3 is 2.85 bits per heavy atom. The van der Waals surface area contributed by atoms with Crippen LogP contribution in [0.1, 0.15) is 37.6 Å². The van der Waals surface area contributed by atoms with Crippen molar-refractivity contribution in [1.82, 2.24) is 25.1 Å². The maximum Gasteiger partial charge on any atom is 0.253 e. The number of aromatic amines is 1. The summed E-state index contributed by atoms with van der Waals surface area (Å²) >= 11 is 0. The van der Waals surface area contributed by atoms with Crippen molar-refractivity contribution < 1.29 is 14.3 Å². The van der Waals surface area contributed by atoms with E-state index in [-0.39, 0.29) is 17.4 Å². The first-order valence-corrected chi connectivity index (χ1v) is 9.60. The molecular weight excluding hydrogens is 334 g/mol. The molecule has 3 aliphatic rings. The lowest BCUT2D eigenvalue weighted by molar-refractivity contribution is -0.151. The average molecular weight is 361 g/mol. The normalized spacial score (nSPS) is 25.2. The second-order valence-electron chi connectivity index (χ2n) is 7.30. The molecule has 8 nitrogen and oxygen atoms in total. The van der Waals surface area contributed by atoms with Crippen LogP contribution in [-0.2, 0) is 26.3 Å². The van der Waals surface area contributed by atoms with Gasteiger partial charge in [-0.2, -0.15) is 0 Å². The van der Waals surface area contributed by atoms with Gasteiger partial charge in [-0.15, -0.1) is 0 Å². The number of fused-ring (bicyclic) bond motifs is 2. The lowest BCUT2D eigenvalue weighted by atomic mass is 9.78. The average Bonchev–Trinajstić information content (AvgIpc) is 3.18. The molecule has 26 heavy (non-hydrogen) atoms. The van der Waals surface area contributed by atoms with Gasteiger partial charge in [0, 0.05) is 51.3 Å². The predicted molar refractivity (Wildman–Crippen MR) is 94.4 cm³/mol. The van der Waals surface area contributed by atoms with Crippen LogP contribution in [0, 0.1) is 0 Å². The number of hydrogen-bond acceptors (Lipinski definition) is 5. The fourth-order valence-electron chi connectivity index (χ4n) is 4.56. The van der Waals surface area contributed by atoms with Crippen molar-refractivity contribution in [2.45, 2.75) is 44.2 Å². The number of imidazole rings is 1. The molecule has 0 radical (unpaired) electrons. The van der Waals surface area contributed by atoms with Crippen LogP contribution in [-0.4, -0.2) is 77.0 Å². The molecule has 0 aromatic carbocycles. The van der Waals surface area contributed by atoms with E-state index in [9.17, 15) is 9.59 Å². The van der Waals surface area contributed by atoms with Gasteiger partial charge >= 0.3 is 0 Å². The third-order valence-electron chi connectivity index (χ3n) is 5.97. The zero-order valence-electron chi connectivity index (χ0n) is 15.3. The number of piperidine rings is 1. The standard InChI is InChI=1S/C18H27N5O3/c1-2-15(24)23-7-3-13-16(21-12-20-13)18(23)4-8-22(9-5-18)17(25)14-11-19-6-10-26-14/h12,14,19H,2-11H2,1H3,(H,20,21)/t14-/m1/s1. The van der Waals surface area contributed by atoms with Crippen LogP contribution < -0.4 is 5.32 Å². The minimum absolute atomic E-state index is 0.0541. The van der Waals surface area contributed by atoms with Gasteiger partial charge in [-0.05, 0) is 12.8 Å². The molecule has 0 aliphatic carbocycles. The van der Waals surface area contributed by atoms with Gasteiger partial charge in [0.25, 0.3) is 5.91 Å². The molecule has 2 saturated heterocycles. The molecule has 1 spiro atoms. The van der Waals surface area contributed by atoms with Crippen LogP contribution in [0.3, 0.4) is 0 Å². The van der Waals surface area contributed by atoms with Crippen molar-refractivity contribution in [2.24, 2.45) is 0 Å². The molecule has 0 saturated carbocycles. The first kappa shape index (κ1) is 17.5. The number of aromatic nitrogens is 2. The summed E-state index contributed by atoms with van der Waals surface area (Å²) in [6, 6.07) is 0. The number of H-pyrrole nitrogens is 1. The number of hydrogen-bond donors (Lipinski definition) is 2. The van der Waals surface area contributed by atoms with Crippen LogP contribution >= 0.6 is 0 Å². The summed E-state index contributed by atoms with van der Waals surface area (Å²) in [5.41, 5.74) is 1.74. The Morgan fingerprint density at radius 1 is 1.35 bits per heavy atom. The Balaban J connectivity index is 1.53. The summed E-state index contributed by atoms with van der Waals surface area (Å²) in [6.07, 6.45) is 4.09. The predicted octanol–water partition coefficient (Wildman–Crippen LogP) is 0.0105. The second-order valence-corrected chi connectivity index (χ2v) is 7.30.